The molecule has 0 aliphatic rings. The van der Waals surface area contributed by atoms with Crippen LogP contribution in [0.25, 0.3) is 22.2 Å². The number of H-pyrrole nitrogens is 1. The van der Waals surface area contributed by atoms with Gasteiger partial charge in [0.1, 0.15) is 11.4 Å². The Labute approximate surface area is 99.1 Å². The van der Waals surface area contributed by atoms with Crippen LogP contribution in [0.3, 0.4) is 0 Å². The Bertz CT molecular complexity index is 658. The molecule has 3 nitrogen and oxygen atoms in total. The second kappa shape index (κ2) is 3.94. The number of nitrogens with one attached hydrogen (secondary N) is 1. The molecule has 0 unspecified atom stereocenters. The van der Waals surface area contributed by atoms with E-state index in [0.29, 0.717) is 0 Å². The third-order valence-corrected chi connectivity index (χ3v) is 2.75. The van der Waals surface area contributed by atoms with Gasteiger partial charge >= 0.3 is 0 Å². The number of hydrogen-bond donors (Lipinski definition) is 1. The molecule has 0 saturated carbocycles. The molecule has 0 fully saturated rings. The Balaban J connectivity index is 2.20. The van der Waals surface area contributed by atoms with Crippen LogP contribution in [0.2, 0.25) is 0 Å². The van der Waals surface area contributed by atoms with Gasteiger partial charge in [0, 0.05) is 23.3 Å². The summed E-state index contributed by atoms with van der Waals surface area (Å²) in [6.07, 6.45) is 3.72. The summed E-state index contributed by atoms with van der Waals surface area (Å²) in [4.78, 5) is 7.42. The number of rotatable bonds is 2. The van der Waals surface area contributed by atoms with Crippen molar-refractivity contribution in [1.29, 1.82) is 0 Å². The minimum atomic E-state index is 0.831. The normalized spacial score (nSPS) is 10.6. The summed E-state index contributed by atoms with van der Waals surface area (Å²) in [7, 11) is 1.66. The molecule has 0 bridgehead atoms. The van der Waals surface area contributed by atoms with Crippen LogP contribution in [0.15, 0.2) is 42.7 Å². The van der Waals surface area contributed by atoms with Gasteiger partial charge in [-0.3, -0.25) is 0 Å². The highest BCUT2D eigenvalue weighted by Gasteiger charge is 2.06. The van der Waals surface area contributed by atoms with E-state index in [-0.39, 0.29) is 0 Å². The van der Waals surface area contributed by atoms with Crippen molar-refractivity contribution >= 4 is 11.0 Å². The lowest BCUT2D eigenvalue weighted by Crippen LogP contribution is -1.83. The molecule has 1 aromatic carbocycles. The van der Waals surface area contributed by atoms with Crippen molar-refractivity contribution in [3.05, 3.63) is 48.8 Å². The fourth-order valence-corrected chi connectivity index (χ4v) is 1.91. The maximum atomic E-state index is 5.22. The van der Waals surface area contributed by atoms with Crippen LogP contribution in [0.5, 0.6) is 5.75 Å². The van der Waals surface area contributed by atoms with Gasteiger partial charge in [0.2, 0.25) is 0 Å². The average Bonchev–Trinajstić information content (AvgIpc) is 2.82. The maximum Gasteiger partial charge on any atom is 0.137 e. The molecule has 17 heavy (non-hydrogen) atoms. The maximum absolute atomic E-state index is 5.22. The first kappa shape index (κ1) is 9.90. The van der Waals surface area contributed by atoms with E-state index >= 15 is 0 Å². The fourth-order valence-electron chi connectivity index (χ4n) is 1.91. The SMILES string of the molecule is COc1cc[c]c(-c2c[nH]c3ncccc23)c1. The highest BCUT2D eigenvalue weighted by molar-refractivity contribution is 5.93. The Morgan fingerprint density at radius 2 is 2.29 bits per heavy atom. The largest absolute Gasteiger partial charge is 0.497 e. The zero-order valence-electron chi connectivity index (χ0n) is 9.40. The highest BCUT2D eigenvalue weighted by Crippen LogP contribution is 2.29. The molecule has 0 aliphatic carbocycles. The van der Waals surface area contributed by atoms with Gasteiger partial charge in [0.25, 0.3) is 0 Å². The monoisotopic (exact) mass is 223 g/mol. The van der Waals surface area contributed by atoms with E-state index in [9.17, 15) is 0 Å². The van der Waals surface area contributed by atoms with Crippen LogP contribution in [0.4, 0.5) is 0 Å². The van der Waals surface area contributed by atoms with E-state index in [1.165, 1.54) is 0 Å². The van der Waals surface area contributed by atoms with E-state index in [0.717, 1.165) is 27.9 Å². The molecule has 0 saturated heterocycles. The molecule has 1 radical (unpaired) electrons. The number of aromatic nitrogens is 2. The van der Waals surface area contributed by atoms with E-state index in [4.69, 9.17) is 4.74 Å². The third-order valence-electron chi connectivity index (χ3n) is 2.75. The number of pyridine rings is 1. The lowest BCUT2D eigenvalue weighted by atomic mass is 10.1. The zero-order valence-corrected chi connectivity index (χ0v) is 9.40. The van der Waals surface area contributed by atoms with E-state index < -0.39 is 0 Å². The summed E-state index contributed by atoms with van der Waals surface area (Å²) >= 11 is 0. The summed E-state index contributed by atoms with van der Waals surface area (Å²) in [5.74, 6) is 0.831. The number of nitrogens with zero attached hydrogens (tertiary/aromatic N) is 1. The number of hydrogen-bond acceptors (Lipinski definition) is 2. The first-order valence-corrected chi connectivity index (χ1v) is 5.36. The topological polar surface area (TPSA) is 37.9 Å². The molecular weight excluding hydrogens is 212 g/mol. The Kier molecular flexibility index (Phi) is 2.29. The van der Waals surface area contributed by atoms with Crippen molar-refractivity contribution < 1.29 is 4.74 Å². The second-order valence-electron chi connectivity index (χ2n) is 3.74. The van der Waals surface area contributed by atoms with Crippen LogP contribution < -0.4 is 4.74 Å². The first-order chi connectivity index (χ1) is 8.38. The Morgan fingerprint density at radius 3 is 3.18 bits per heavy atom. The van der Waals surface area contributed by atoms with Gasteiger partial charge in [0.15, 0.2) is 0 Å². The summed E-state index contributed by atoms with van der Waals surface area (Å²) < 4.78 is 5.22. The van der Waals surface area contributed by atoms with Gasteiger partial charge in [-0.05, 0) is 35.9 Å². The molecule has 0 spiro atoms. The van der Waals surface area contributed by atoms with Gasteiger partial charge < -0.3 is 9.72 Å². The first-order valence-electron chi connectivity index (χ1n) is 5.36. The van der Waals surface area contributed by atoms with Gasteiger partial charge in [0.05, 0.1) is 7.11 Å². The van der Waals surface area contributed by atoms with Crippen molar-refractivity contribution in [2.45, 2.75) is 0 Å². The fraction of sp³-hybridized carbons (Fsp3) is 0.0714. The van der Waals surface area contributed by atoms with E-state index in [1.54, 1.807) is 13.3 Å². The van der Waals surface area contributed by atoms with Gasteiger partial charge in [-0.2, -0.15) is 0 Å². The second-order valence-corrected chi connectivity index (χ2v) is 3.74. The number of aromatic amines is 1. The molecule has 0 aliphatic heterocycles. The van der Waals surface area contributed by atoms with Crippen molar-refractivity contribution in [1.82, 2.24) is 9.97 Å². The highest BCUT2D eigenvalue weighted by atomic mass is 16.5. The molecule has 3 aromatic rings. The summed E-state index contributed by atoms with van der Waals surface area (Å²) in [5, 5.41) is 1.09. The third kappa shape index (κ3) is 1.65. The molecule has 2 heterocycles. The van der Waals surface area contributed by atoms with Gasteiger partial charge in [-0.1, -0.05) is 6.07 Å². The quantitative estimate of drug-likeness (QED) is 0.725. The molecule has 3 rings (SSSR count). The van der Waals surface area contributed by atoms with Crippen molar-refractivity contribution in [2.24, 2.45) is 0 Å². The lowest BCUT2D eigenvalue weighted by Gasteiger charge is -2.02. The molecule has 2 aromatic heterocycles. The Hall–Kier alpha value is -2.29. The van der Waals surface area contributed by atoms with Crippen LogP contribution in [-0.4, -0.2) is 17.1 Å². The van der Waals surface area contributed by atoms with Crippen molar-refractivity contribution in [2.75, 3.05) is 7.11 Å². The number of fused-ring (bicyclic) bond motifs is 1. The molecule has 83 valence electrons. The number of benzene rings is 1. The molecule has 0 atom stereocenters. The minimum absolute atomic E-state index is 0.831. The van der Waals surface area contributed by atoms with Crippen molar-refractivity contribution in [3.8, 4) is 16.9 Å². The lowest BCUT2D eigenvalue weighted by molar-refractivity contribution is 0.415. The van der Waals surface area contributed by atoms with Crippen LogP contribution >= 0.6 is 0 Å². The van der Waals surface area contributed by atoms with Gasteiger partial charge in [-0.15, -0.1) is 0 Å². The average molecular weight is 223 g/mol. The predicted octanol–water partition coefficient (Wildman–Crippen LogP) is 3.04. The Morgan fingerprint density at radius 1 is 1.35 bits per heavy atom. The number of methoxy groups -OCH3 is 1. The number of ether oxygens (including phenoxy) is 1. The summed E-state index contributed by atoms with van der Waals surface area (Å²) in [6.45, 7) is 0. The van der Waals surface area contributed by atoms with Gasteiger partial charge in [-0.25, -0.2) is 4.98 Å². The summed E-state index contributed by atoms with van der Waals surface area (Å²) in [5.41, 5.74) is 2.98. The smallest absolute Gasteiger partial charge is 0.137 e. The molecule has 1 N–H and O–H groups in total. The predicted molar refractivity (Wildman–Crippen MR) is 66.9 cm³/mol. The van der Waals surface area contributed by atoms with Crippen molar-refractivity contribution in [3.63, 3.8) is 0 Å². The van der Waals surface area contributed by atoms with E-state index in [2.05, 4.69) is 16.0 Å². The van der Waals surface area contributed by atoms with Crippen LogP contribution in [0, 0.1) is 6.07 Å². The molecular formula is C14H11N2O. The van der Waals surface area contributed by atoms with E-state index in [1.807, 2.05) is 36.5 Å². The van der Waals surface area contributed by atoms with Crippen LogP contribution in [-0.2, 0) is 0 Å². The zero-order chi connectivity index (χ0) is 11.7. The molecule has 3 heteroatoms. The minimum Gasteiger partial charge on any atom is -0.497 e. The standard InChI is InChI=1S/C14H11N2O/c1-17-11-5-2-4-10(8-11)13-9-16-14-12(13)6-3-7-15-14/h2-3,5-9H,1H3,(H,15,16). The molecule has 0 amide bonds. The summed E-state index contributed by atoms with van der Waals surface area (Å²) in [6, 6.07) is 12.9. The van der Waals surface area contributed by atoms with Crippen LogP contribution in [0.1, 0.15) is 0 Å².